The molecule has 4 rings (SSSR count). The number of hydrazine groups is 1. The third-order valence-electron chi connectivity index (χ3n) is 4.04. The van der Waals surface area contributed by atoms with Crippen molar-refractivity contribution >= 4 is 11.8 Å². The molecular formula is C19H16N8O2. The second-order valence-corrected chi connectivity index (χ2v) is 6.05. The molecule has 2 amide bonds. The Morgan fingerprint density at radius 3 is 2.34 bits per heavy atom. The molecule has 2 heterocycles. The first kappa shape index (κ1) is 18.0. The smallest absolute Gasteiger partial charge is 0.271 e. The zero-order valence-corrected chi connectivity index (χ0v) is 15.1. The van der Waals surface area contributed by atoms with Gasteiger partial charge in [-0.15, -0.1) is 5.10 Å². The molecule has 0 spiro atoms. The lowest BCUT2D eigenvalue weighted by Crippen LogP contribution is -2.43. The number of amides is 2. The summed E-state index contributed by atoms with van der Waals surface area (Å²) in [5.41, 5.74) is 7.19. The maximum atomic E-state index is 12.8. The van der Waals surface area contributed by atoms with Gasteiger partial charge in [-0.25, -0.2) is 9.36 Å². The summed E-state index contributed by atoms with van der Waals surface area (Å²) in [5, 5.41) is 15.1. The number of tetrazole rings is 1. The maximum absolute atomic E-state index is 12.8. The van der Waals surface area contributed by atoms with Crippen LogP contribution in [0.1, 0.15) is 10.4 Å². The van der Waals surface area contributed by atoms with E-state index in [9.17, 15) is 9.59 Å². The fraction of sp³-hybridized carbons (Fsp3) is 0.0526. The highest BCUT2D eigenvalue weighted by molar-refractivity contribution is 6.00. The quantitative estimate of drug-likeness (QED) is 0.492. The van der Waals surface area contributed by atoms with Crippen molar-refractivity contribution in [1.29, 1.82) is 0 Å². The first-order chi connectivity index (χ1) is 14.2. The van der Waals surface area contributed by atoms with Gasteiger partial charge in [0.25, 0.3) is 11.8 Å². The normalized spacial score (nSPS) is 10.5. The summed E-state index contributed by atoms with van der Waals surface area (Å²) in [5.74, 6) is -0.960. The highest BCUT2D eigenvalue weighted by atomic mass is 16.2. The van der Waals surface area contributed by atoms with Crippen molar-refractivity contribution in [3.8, 4) is 16.9 Å². The Morgan fingerprint density at radius 1 is 0.931 bits per heavy atom. The van der Waals surface area contributed by atoms with E-state index in [0.717, 1.165) is 11.3 Å². The molecule has 0 atom stereocenters. The summed E-state index contributed by atoms with van der Waals surface area (Å²) < 4.78 is 2.87. The molecule has 0 saturated heterocycles. The summed E-state index contributed by atoms with van der Waals surface area (Å²) in [6.45, 7) is -0.123. The molecule has 10 heteroatoms. The third kappa shape index (κ3) is 4.16. The van der Waals surface area contributed by atoms with Gasteiger partial charge in [-0.3, -0.25) is 20.4 Å². The van der Waals surface area contributed by atoms with Gasteiger partial charge in [-0.1, -0.05) is 48.5 Å². The van der Waals surface area contributed by atoms with Crippen LogP contribution in [0.3, 0.4) is 0 Å². The van der Waals surface area contributed by atoms with Crippen LogP contribution in [-0.4, -0.2) is 41.8 Å². The number of para-hydroxylation sites is 1. The molecule has 2 N–H and O–H groups in total. The zero-order chi connectivity index (χ0) is 20.1. The van der Waals surface area contributed by atoms with E-state index in [0.29, 0.717) is 11.3 Å². The average molecular weight is 388 g/mol. The van der Waals surface area contributed by atoms with Crippen LogP contribution in [0.2, 0.25) is 0 Å². The van der Waals surface area contributed by atoms with Crippen molar-refractivity contribution < 1.29 is 9.59 Å². The van der Waals surface area contributed by atoms with Gasteiger partial charge in [-0.2, -0.15) is 5.10 Å². The summed E-state index contributed by atoms with van der Waals surface area (Å²) in [7, 11) is 0. The molecule has 0 aliphatic heterocycles. The largest absolute Gasteiger partial charge is 0.273 e. The second kappa shape index (κ2) is 8.13. The number of nitrogens with one attached hydrogen (secondary N) is 2. The SMILES string of the molecule is O=C(Cn1cnnn1)NNC(=O)c1cn(-c2ccccc2)nc1-c1ccccc1. The summed E-state index contributed by atoms with van der Waals surface area (Å²) in [6, 6.07) is 18.8. The molecule has 0 unspecified atom stereocenters. The lowest BCUT2D eigenvalue weighted by atomic mass is 10.1. The molecule has 0 aliphatic rings. The number of benzene rings is 2. The molecule has 0 aliphatic carbocycles. The predicted octanol–water partition coefficient (Wildman–Crippen LogP) is 0.987. The predicted molar refractivity (Wildman–Crippen MR) is 102 cm³/mol. The van der Waals surface area contributed by atoms with Gasteiger partial charge in [0.05, 0.1) is 11.3 Å². The standard InChI is InChI=1S/C19H16N8O2/c28-17(12-26-13-20-24-25-26)21-22-19(29)16-11-27(15-9-5-2-6-10-15)23-18(16)14-7-3-1-4-8-14/h1-11,13H,12H2,(H,21,28)(H,22,29). The Hall–Kier alpha value is -4.34. The molecule has 0 radical (unpaired) electrons. The van der Waals surface area contributed by atoms with Crippen LogP contribution in [0.4, 0.5) is 0 Å². The van der Waals surface area contributed by atoms with E-state index in [1.807, 2.05) is 60.7 Å². The Balaban J connectivity index is 1.57. The van der Waals surface area contributed by atoms with Crippen LogP contribution in [0, 0.1) is 0 Å². The average Bonchev–Trinajstić information content (AvgIpc) is 3.43. The first-order valence-corrected chi connectivity index (χ1v) is 8.71. The van der Waals surface area contributed by atoms with E-state index in [4.69, 9.17) is 0 Å². The van der Waals surface area contributed by atoms with Crippen molar-refractivity contribution in [3.05, 3.63) is 78.8 Å². The van der Waals surface area contributed by atoms with Gasteiger partial charge in [0.2, 0.25) is 0 Å². The van der Waals surface area contributed by atoms with Gasteiger partial charge in [0.1, 0.15) is 18.6 Å². The van der Waals surface area contributed by atoms with Crippen LogP contribution in [0.5, 0.6) is 0 Å². The van der Waals surface area contributed by atoms with Crippen LogP contribution < -0.4 is 10.9 Å². The number of hydrogen-bond acceptors (Lipinski definition) is 6. The molecule has 144 valence electrons. The van der Waals surface area contributed by atoms with Crippen molar-refractivity contribution in [3.63, 3.8) is 0 Å². The van der Waals surface area contributed by atoms with Crippen LogP contribution in [0.15, 0.2) is 73.2 Å². The van der Waals surface area contributed by atoms with E-state index < -0.39 is 11.8 Å². The highest BCUT2D eigenvalue weighted by Gasteiger charge is 2.19. The summed E-state index contributed by atoms with van der Waals surface area (Å²) >= 11 is 0. The molecule has 2 aromatic carbocycles. The summed E-state index contributed by atoms with van der Waals surface area (Å²) in [4.78, 5) is 24.7. The number of carbonyl (C=O) groups excluding carboxylic acids is 2. The number of rotatable bonds is 5. The highest BCUT2D eigenvalue weighted by Crippen LogP contribution is 2.23. The number of nitrogens with zero attached hydrogens (tertiary/aromatic N) is 6. The van der Waals surface area contributed by atoms with Crippen LogP contribution >= 0.6 is 0 Å². The number of hydrogen-bond donors (Lipinski definition) is 2. The minimum atomic E-state index is -0.490. The van der Waals surface area contributed by atoms with Gasteiger partial charge in [0.15, 0.2) is 0 Å². The Morgan fingerprint density at radius 2 is 1.66 bits per heavy atom. The minimum absolute atomic E-state index is 0.123. The maximum Gasteiger partial charge on any atom is 0.273 e. The van der Waals surface area contributed by atoms with Gasteiger partial charge < -0.3 is 0 Å². The van der Waals surface area contributed by atoms with Crippen molar-refractivity contribution in [1.82, 2.24) is 40.8 Å². The minimum Gasteiger partial charge on any atom is -0.271 e. The first-order valence-electron chi connectivity index (χ1n) is 8.71. The Labute approximate surface area is 165 Å². The monoisotopic (exact) mass is 388 g/mol. The summed E-state index contributed by atoms with van der Waals surface area (Å²) in [6.07, 6.45) is 2.93. The molecule has 0 saturated carbocycles. The second-order valence-electron chi connectivity index (χ2n) is 6.05. The lowest BCUT2D eigenvalue weighted by Gasteiger charge is -2.07. The Kier molecular flexibility index (Phi) is 5.06. The van der Waals surface area contributed by atoms with Crippen molar-refractivity contribution in [2.75, 3.05) is 0 Å². The van der Waals surface area contributed by atoms with Crippen molar-refractivity contribution in [2.45, 2.75) is 6.54 Å². The van der Waals surface area contributed by atoms with Gasteiger partial charge in [-0.05, 0) is 22.6 Å². The van der Waals surface area contributed by atoms with E-state index in [1.165, 1.54) is 11.0 Å². The van der Waals surface area contributed by atoms with Crippen LogP contribution in [0.25, 0.3) is 16.9 Å². The topological polar surface area (TPSA) is 120 Å². The molecule has 0 fully saturated rings. The third-order valence-corrected chi connectivity index (χ3v) is 4.04. The van der Waals surface area contributed by atoms with E-state index in [1.54, 1.807) is 10.9 Å². The Bertz CT molecular complexity index is 1110. The molecule has 29 heavy (non-hydrogen) atoms. The number of aromatic nitrogens is 6. The fourth-order valence-electron chi connectivity index (χ4n) is 2.70. The molecular weight excluding hydrogens is 372 g/mol. The van der Waals surface area contributed by atoms with E-state index in [-0.39, 0.29) is 6.54 Å². The zero-order valence-electron chi connectivity index (χ0n) is 15.1. The molecule has 10 nitrogen and oxygen atoms in total. The van der Waals surface area contributed by atoms with E-state index >= 15 is 0 Å². The van der Waals surface area contributed by atoms with Crippen LogP contribution in [-0.2, 0) is 11.3 Å². The van der Waals surface area contributed by atoms with E-state index in [2.05, 4.69) is 31.5 Å². The number of carbonyl (C=O) groups is 2. The van der Waals surface area contributed by atoms with Crippen molar-refractivity contribution in [2.24, 2.45) is 0 Å². The van der Waals surface area contributed by atoms with Gasteiger partial charge >= 0.3 is 0 Å². The molecule has 2 aromatic heterocycles. The van der Waals surface area contributed by atoms with Gasteiger partial charge in [0, 0.05) is 11.8 Å². The molecule has 0 bridgehead atoms. The molecule has 4 aromatic rings. The fourth-order valence-corrected chi connectivity index (χ4v) is 2.70. The lowest BCUT2D eigenvalue weighted by molar-refractivity contribution is -0.122.